The summed E-state index contributed by atoms with van der Waals surface area (Å²) in [5.41, 5.74) is 0. The summed E-state index contributed by atoms with van der Waals surface area (Å²) in [6.07, 6.45) is 4.20. The fourth-order valence-electron chi connectivity index (χ4n) is 3.73. The zero-order chi connectivity index (χ0) is 13.7. The lowest BCUT2D eigenvalue weighted by molar-refractivity contribution is 0.0813. The minimum atomic E-state index is 0.741. The molecule has 1 N–H and O–H groups in total. The summed E-state index contributed by atoms with van der Waals surface area (Å²) in [5.74, 6) is 1.80. The van der Waals surface area contributed by atoms with Crippen LogP contribution < -0.4 is 5.32 Å². The first kappa shape index (κ1) is 15.3. The van der Waals surface area contributed by atoms with Gasteiger partial charge in [-0.3, -0.25) is 4.90 Å². The summed E-state index contributed by atoms with van der Waals surface area (Å²) in [5, 5.41) is 3.55. The van der Waals surface area contributed by atoms with Crippen molar-refractivity contribution in [2.75, 3.05) is 45.8 Å². The van der Waals surface area contributed by atoms with Gasteiger partial charge in [-0.15, -0.1) is 0 Å². The van der Waals surface area contributed by atoms with E-state index in [9.17, 15) is 0 Å². The van der Waals surface area contributed by atoms with Gasteiger partial charge in [0.15, 0.2) is 0 Å². The molecule has 2 fully saturated rings. The van der Waals surface area contributed by atoms with Crippen molar-refractivity contribution in [3.8, 4) is 0 Å². The van der Waals surface area contributed by atoms with E-state index < -0.39 is 0 Å². The Bertz CT molecular complexity index is 250. The van der Waals surface area contributed by atoms with Gasteiger partial charge < -0.3 is 10.2 Å². The number of likely N-dealkylation sites (N-methyl/N-ethyl adjacent to an activating group) is 1. The van der Waals surface area contributed by atoms with Crippen molar-refractivity contribution in [1.29, 1.82) is 0 Å². The Morgan fingerprint density at radius 1 is 1.32 bits per heavy atom. The largest absolute Gasteiger partial charge is 0.316 e. The molecule has 2 aliphatic heterocycles. The molecule has 0 radical (unpaired) electrons. The molecule has 3 atom stereocenters. The lowest BCUT2D eigenvalue weighted by Crippen LogP contribution is -2.52. The molecule has 3 nitrogen and oxygen atoms in total. The number of nitrogens with zero attached hydrogens (tertiary/aromatic N) is 2. The van der Waals surface area contributed by atoms with Crippen LogP contribution in [0.5, 0.6) is 0 Å². The lowest BCUT2D eigenvalue weighted by atomic mass is 9.85. The van der Waals surface area contributed by atoms with E-state index in [-0.39, 0.29) is 0 Å². The van der Waals surface area contributed by atoms with Crippen LogP contribution in [0.15, 0.2) is 0 Å². The van der Waals surface area contributed by atoms with Gasteiger partial charge in [-0.2, -0.15) is 0 Å². The molecule has 0 aliphatic carbocycles. The molecule has 0 amide bonds. The molecule has 2 saturated heterocycles. The van der Waals surface area contributed by atoms with Gasteiger partial charge in [0.1, 0.15) is 0 Å². The zero-order valence-electron chi connectivity index (χ0n) is 13.2. The molecule has 0 aromatic carbocycles. The van der Waals surface area contributed by atoms with Gasteiger partial charge in [0.25, 0.3) is 0 Å². The summed E-state index contributed by atoms with van der Waals surface area (Å²) >= 11 is 0. The highest BCUT2D eigenvalue weighted by atomic mass is 15.3. The Hall–Kier alpha value is -0.120. The maximum absolute atomic E-state index is 3.55. The molecule has 19 heavy (non-hydrogen) atoms. The third-order valence-corrected chi connectivity index (χ3v) is 5.30. The van der Waals surface area contributed by atoms with Crippen molar-refractivity contribution in [3.63, 3.8) is 0 Å². The van der Waals surface area contributed by atoms with E-state index >= 15 is 0 Å². The van der Waals surface area contributed by atoms with Crippen LogP contribution in [0.1, 0.15) is 40.0 Å². The van der Waals surface area contributed by atoms with Crippen molar-refractivity contribution in [1.82, 2.24) is 15.1 Å². The number of nitrogens with one attached hydrogen (secondary N) is 1. The van der Waals surface area contributed by atoms with E-state index in [1.807, 2.05) is 0 Å². The standard InChI is InChI=1S/C16H33N3/c1-4-19-11-10-18(13-15(19)3)9-7-14(2)16-6-5-8-17-12-16/h14-17H,4-13H2,1-3H3. The molecule has 3 unspecified atom stereocenters. The predicted molar refractivity (Wildman–Crippen MR) is 82.5 cm³/mol. The van der Waals surface area contributed by atoms with Crippen molar-refractivity contribution < 1.29 is 0 Å². The summed E-state index contributed by atoms with van der Waals surface area (Å²) < 4.78 is 0. The number of hydrogen-bond acceptors (Lipinski definition) is 3. The molecular formula is C16H33N3. The first-order chi connectivity index (χ1) is 9.20. The van der Waals surface area contributed by atoms with Crippen molar-refractivity contribution in [2.24, 2.45) is 11.8 Å². The molecule has 2 heterocycles. The fraction of sp³-hybridized carbons (Fsp3) is 1.00. The van der Waals surface area contributed by atoms with Crippen molar-refractivity contribution in [3.05, 3.63) is 0 Å². The van der Waals surface area contributed by atoms with Crippen LogP contribution >= 0.6 is 0 Å². The lowest BCUT2D eigenvalue weighted by Gasteiger charge is -2.40. The van der Waals surface area contributed by atoms with Gasteiger partial charge in [0.05, 0.1) is 0 Å². The molecule has 3 heteroatoms. The molecule has 0 saturated carbocycles. The molecule has 0 spiro atoms. The smallest absolute Gasteiger partial charge is 0.0195 e. The minimum absolute atomic E-state index is 0.741. The van der Waals surface area contributed by atoms with Gasteiger partial charge in [-0.1, -0.05) is 13.8 Å². The highest BCUT2D eigenvalue weighted by Gasteiger charge is 2.24. The average molecular weight is 267 g/mol. The Balaban J connectivity index is 1.67. The van der Waals surface area contributed by atoms with Crippen LogP contribution in [0.4, 0.5) is 0 Å². The third-order valence-electron chi connectivity index (χ3n) is 5.30. The summed E-state index contributed by atoms with van der Waals surface area (Å²) in [6, 6.07) is 0.741. The molecule has 0 bridgehead atoms. The van der Waals surface area contributed by atoms with Gasteiger partial charge in [-0.05, 0) is 64.2 Å². The third kappa shape index (κ3) is 4.44. The van der Waals surface area contributed by atoms with Crippen molar-refractivity contribution in [2.45, 2.75) is 46.1 Å². The monoisotopic (exact) mass is 267 g/mol. The number of piperidine rings is 1. The molecule has 2 aliphatic rings. The molecule has 2 rings (SSSR count). The Morgan fingerprint density at radius 2 is 2.16 bits per heavy atom. The van der Waals surface area contributed by atoms with Gasteiger partial charge in [0, 0.05) is 25.7 Å². The SMILES string of the molecule is CCN1CCN(CCC(C)C2CCCNC2)CC1C. The average Bonchev–Trinajstić information content (AvgIpc) is 2.46. The van der Waals surface area contributed by atoms with Crippen LogP contribution in [0, 0.1) is 11.8 Å². The molecule has 0 aromatic rings. The van der Waals surface area contributed by atoms with E-state index in [0.29, 0.717) is 0 Å². The summed E-state index contributed by atoms with van der Waals surface area (Å²) in [4.78, 5) is 5.29. The topological polar surface area (TPSA) is 18.5 Å². The van der Waals surface area contributed by atoms with Crippen LogP contribution in [-0.4, -0.2) is 61.7 Å². The Kier molecular flexibility index (Phi) is 6.11. The first-order valence-corrected chi connectivity index (χ1v) is 8.37. The van der Waals surface area contributed by atoms with Gasteiger partial charge in [-0.25, -0.2) is 0 Å². The van der Waals surface area contributed by atoms with Crippen LogP contribution in [0.3, 0.4) is 0 Å². The predicted octanol–water partition coefficient (Wildman–Crippen LogP) is 2.04. The maximum atomic E-state index is 3.55. The second-order valence-corrected chi connectivity index (χ2v) is 6.65. The van der Waals surface area contributed by atoms with Gasteiger partial charge >= 0.3 is 0 Å². The molecule has 112 valence electrons. The van der Waals surface area contributed by atoms with E-state index in [4.69, 9.17) is 0 Å². The normalized spacial score (nSPS) is 32.4. The van der Waals surface area contributed by atoms with Crippen LogP contribution in [0.2, 0.25) is 0 Å². The number of hydrogen-bond donors (Lipinski definition) is 1. The second kappa shape index (κ2) is 7.61. The fourth-order valence-corrected chi connectivity index (χ4v) is 3.73. The van der Waals surface area contributed by atoms with E-state index in [1.165, 1.54) is 65.1 Å². The second-order valence-electron chi connectivity index (χ2n) is 6.65. The van der Waals surface area contributed by atoms with E-state index in [1.54, 1.807) is 0 Å². The first-order valence-electron chi connectivity index (χ1n) is 8.37. The number of rotatable bonds is 5. The zero-order valence-corrected chi connectivity index (χ0v) is 13.2. The molecular weight excluding hydrogens is 234 g/mol. The van der Waals surface area contributed by atoms with Crippen LogP contribution in [0.25, 0.3) is 0 Å². The Morgan fingerprint density at radius 3 is 2.79 bits per heavy atom. The van der Waals surface area contributed by atoms with E-state index in [0.717, 1.165) is 17.9 Å². The Labute approximate surface area is 119 Å². The van der Waals surface area contributed by atoms with E-state index in [2.05, 4.69) is 35.9 Å². The highest BCUT2D eigenvalue weighted by molar-refractivity contribution is 4.80. The minimum Gasteiger partial charge on any atom is -0.316 e. The van der Waals surface area contributed by atoms with Crippen LogP contribution in [-0.2, 0) is 0 Å². The quantitative estimate of drug-likeness (QED) is 0.822. The molecule has 0 aromatic heterocycles. The number of piperazine rings is 1. The van der Waals surface area contributed by atoms with Crippen molar-refractivity contribution >= 4 is 0 Å². The summed E-state index contributed by atoms with van der Waals surface area (Å²) in [6.45, 7) is 15.9. The van der Waals surface area contributed by atoms with Gasteiger partial charge in [0.2, 0.25) is 0 Å². The maximum Gasteiger partial charge on any atom is 0.0195 e. The highest BCUT2D eigenvalue weighted by Crippen LogP contribution is 2.23. The summed E-state index contributed by atoms with van der Waals surface area (Å²) in [7, 11) is 0.